The van der Waals surface area contributed by atoms with Crippen molar-refractivity contribution in [3.8, 4) is 11.5 Å². The predicted octanol–water partition coefficient (Wildman–Crippen LogP) is 1.30. The minimum atomic E-state index is -0.287. The molecule has 1 saturated heterocycles. The Kier molecular flexibility index (Phi) is 6.87. The van der Waals surface area contributed by atoms with Crippen molar-refractivity contribution in [3.63, 3.8) is 0 Å². The van der Waals surface area contributed by atoms with E-state index in [0.717, 1.165) is 25.1 Å². The Labute approximate surface area is 144 Å². The molecule has 0 bridgehead atoms. The summed E-state index contributed by atoms with van der Waals surface area (Å²) in [7, 11) is 1.59. The number of hydrogen-bond acceptors (Lipinski definition) is 5. The lowest BCUT2D eigenvalue weighted by molar-refractivity contribution is -0.135. The van der Waals surface area contributed by atoms with Gasteiger partial charge in [-0.3, -0.25) is 9.69 Å². The summed E-state index contributed by atoms with van der Waals surface area (Å²) >= 11 is 0. The van der Waals surface area contributed by atoms with Crippen molar-refractivity contribution in [2.24, 2.45) is 0 Å². The summed E-state index contributed by atoms with van der Waals surface area (Å²) in [6.07, 6.45) is 0.468. The number of ether oxygens (including phenoxy) is 2. The molecule has 1 fully saturated rings. The molecule has 1 aromatic carbocycles. The van der Waals surface area contributed by atoms with Crippen LogP contribution in [0.2, 0.25) is 0 Å². The number of aliphatic hydroxyl groups excluding tert-OH is 1. The molecule has 0 unspecified atom stereocenters. The van der Waals surface area contributed by atoms with Gasteiger partial charge in [-0.1, -0.05) is 13.0 Å². The van der Waals surface area contributed by atoms with Crippen LogP contribution in [0, 0.1) is 6.92 Å². The maximum atomic E-state index is 12.3. The van der Waals surface area contributed by atoms with Crippen LogP contribution in [-0.2, 0) is 4.79 Å². The molecule has 134 valence electrons. The SMILES string of the molecule is CC[C@H](O)CN1CCN(C(=O)COc2ccc(C)cc2OC)CC1. The van der Waals surface area contributed by atoms with Gasteiger partial charge in [0.1, 0.15) is 0 Å². The van der Waals surface area contributed by atoms with Gasteiger partial charge < -0.3 is 19.5 Å². The molecule has 6 nitrogen and oxygen atoms in total. The number of nitrogens with zero attached hydrogens (tertiary/aromatic N) is 2. The second-order valence-corrected chi connectivity index (χ2v) is 6.19. The molecule has 1 aliphatic rings. The highest BCUT2D eigenvalue weighted by Gasteiger charge is 2.22. The third-order valence-electron chi connectivity index (χ3n) is 4.34. The first-order chi connectivity index (χ1) is 11.5. The molecule has 0 aromatic heterocycles. The number of carbonyl (C=O) groups is 1. The Bertz CT molecular complexity index is 542. The van der Waals surface area contributed by atoms with Gasteiger partial charge in [0, 0.05) is 32.7 Å². The Morgan fingerprint density at radius 2 is 1.96 bits per heavy atom. The van der Waals surface area contributed by atoms with E-state index in [9.17, 15) is 9.90 Å². The molecule has 0 saturated carbocycles. The van der Waals surface area contributed by atoms with Gasteiger partial charge in [0.25, 0.3) is 5.91 Å². The average molecular weight is 336 g/mol. The number of benzene rings is 1. The molecular weight excluding hydrogens is 308 g/mol. The summed E-state index contributed by atoms with van der Waals surface area (Å²) < 4.78 is 10.9. The topological polar surface area (TPSA) is 62.2 Å². The average Bonchev–Trinajstić information content (AvgIpc) is 2.60. The molecule has 0 spiro atoms. The monoisotopic (exact) mass is 336 g/mol. The van der Waals surface area contributed by atoms with E-state index < -0.39 is 0 Å². The first-order valence-corrected chi connectivity index (χ1v) is 8.49. The zero-order chi connectivity index (χ0) is 17.5. The van der Waals surface area contributed by atoms with E-state index in [1.807, 2.05) is 36.9 Å². The maximum absolute atomic E-state index is 12.3. The number of hydrogen-bond donors (Lipinski definition) is 1. The van der Waals surface area contributed by atoms with Crippen LogP contribution in [0.3, 0.4) is 0 Å². The molecule has 6 heteroatoms. The van der Waals surface area contributed by atoms with Gasteiger partial charge in [-0.2, -0.15) is 0 Å². The summed E-state index contributed by atoms with van der Waals surface area (Å²) in [6, 6.07) is 5.64. The first kappa shape index (κ1) is 18.5. The number of methoxy groups -OCH3 is 1. The van der Waals surface area contributed by atoms with E-state index in [4.69, 9.17) is 9.47 Å². The third-order valence-corrected chi connectivity index (χ3v) is 4.34. The van der Waals surface area contributed by atoms with E-state index >= 15 is 0 Å². The lowest BCUT2D eigenvalue weighted by Gasteiger charge is -2.35. The van der Waals surface area contributed by atoms with Crippen molar-refractivity contribution in [2.75, 3.05) is 46.4 Å². The summed E-state index contributed by atoms with van der Waals surface area (Å²) in [5, 5.41) is 9.71. The van der Waals surface area contributed by atoms with Gasteiger partial charge in [-0.25, -0.2) is 0 Å². The highest BCUT2D eigenvalue weighted by atomic mass is 16.5. The number of aryl methyl sites for hydroxylation is 1. The van der Waals surface area contributed by atoms with Crippen LogP contribution in [0.4, 0.5) is 0 Å². The predicted molar refractivity (Wildman–Crippen MR) is 92.5 cm³/mol. The van der Waals surface area contributed by atoms with Gasteiger partial charge in [0.15, 0.2) is 18.1 Å². The van der Waals surface area contributed by atoms with E-state index in [2.05, 4.69) is 4.90 Å². The number of aliphatic hydroxyl groups is 1. The molecular formula is C18H28N2O4. The number of amides is 1. The van der Waals surface area contributed by atoms with Gasteiger partial charge >= 0.3 is 0 Å². The smallest absolute Gasteiger partial charge is 0.260 e. The fourth-order valence-corrected chi connectivity index (χ4v) is 2.73. The van der Waals surface area contributed by atoms with Crippen LogP contribution in [-0.4, -0.2) is 73.4 Å². The second-order valence-electron chi connectivity index (χ2n) is 6.19. The van der Waals surface area contributed by atoms with Crippen LogP contribution in [0.1, 0.15) is 18.9 Å². The molecule has 1 amide bonds. The quantitative estimate of drug-likeness (QED) is 0.813. The van der Waals surface area contributed by atoms with Crippen molar-refractivity contribution in [1.29, 1.82) is 0 Å². The van der Waals surface area contributed by atoms with E-state index in [1.165, 1.54) is 0 Å². The lowest BCUT2D eigenvalue weighted by Crippen LogP contribution is -2.51. The van der Waals surface area contributed by atoms with Crippen molar-refractivity contribution in [3.05, 3.63) is 23.8 Å². The van der Waals surface area contributed by atoms with E-state index in [-0.39, 0.29) is 18.6 Å². The largest absolute Gasteiger partial charge is 0.493 e. The maximum Gasteiger partial charge on any atom is 0.260 e. The van der Waals surface area contributed by atoms with Gasteiger partial charge in [-0.15, -0.1) is 0 Å². The number of piperazine rings is 1. The Balaban J connectivity index is 1.80. The molecule has 1 aromatic rings. The van der Waals surface area contributed by atoms with Crippen molar-refractivity contribution >= 4 is 5.91 Å². The van der Waals surface area contributed by atoms with Crippen LogP contribution >= 0.6 is 0 Å². The number of rotatable bonds is 7. The first-order valence-electron chi connectivity index (χ1n) is 8.49. The molecule has 1 aliphatic heterocycles. The highest BCUT2D eigenvalue weighted by molar-refractivity contribution is 5.78. The second kappa shape index (κ2) is 8.89. The third kappa shape index (κ3) is 5.11. The summed E-state index contributed by atoms with van der Waals surface area (Å²) in [6.45, 7) is 7.56. The minimum absolute atomic E-state index is 0.0109. The Morgan fingerprint density at radius 1 is 1.25 bits per heavy atom. The zero-order valence-corrected chi connectivity index (χ0v) is 14.8. The van der Waals surface area contributed by atoms with Gasteiger partial charge in [-0.05, 0) is 31.0 Å². The Hall–Kier alpha value is -1.79. The molecule has 1 N–H and O–H groups in total. The van der Waals surface area contributed by atoms with Crippen molar-refractivity contribution in [1.82, 2.24) is 9.80 Å². The summed E-state index contributed by atoms with van der Waals surface area (Å²) in [5.41, 5.74) is 1.08. The van der Waals surface area contributed by atoms with E-state index in [1.54, 1.807) is 7.11 Å². The van der Waals surface area contributed by atoms with Crippen LogP contribution < -0.4 is 9.47 Å². The lowest BCUT2D eigenvalue weighted by atomic mass is 10.2. The standard InChI is InChI=1S/C18H28N2O4/c1-4-15(21)12-19-7-9-20(10-8-19)18(22)13-24-16-6-5-14(2)11-17(16)23-3/h5-6,11,15,21H,4,7-10,12-13H2,1-3H3/t15-/m0/s1. The summed E-state index contributed by atoms with van der Waals surface area (Å²) in [4.78, 5) is 16.3. The summed E-state index contributed by atoms with van der Waals surface area (Å²) in [5.74, 6) is 1.20. The molecule has 2 rings (SSSR count). The molecule has 24 heavy (non-hydrogen) atoms. The van der Waals surface area contributed by atoms with E-state index in [0.29, 0.717) is 31.1 Å². The normalized spacial score (nSPS) is 16.8. The van der Waals surface area contributed by atoms with Gasteiger partial charge in [0.05, 0.1) is 13.2 Å². The zero-order valence-electron chi connectivity index (χ0n) is 14.8. The minimum Gasteiger partial charge on any atom is -0.493 e. The van der Waals surface area contributed by atoms with Gasteiger partial charge in [0.2, 0.25) is 0 Å². The van der Waals surface area contributed by atoms with Crippen LogP contribution in [0.5, 0.6) is 11.5 Å². The molecule has 1 atom stereocenters. The van der Waals surface area contributed by atoms with Crippen molar-refractivity contribution in [2.45, 2.75) is 26.4 Å². The van der Waals surface area contributed by atoms with Crippen LogP contribution in [0.25, 0.3) is 0 Å². The van der Waals surface area contributed by atoms with Crippen LogP contribution in [0.15, 0.2) is 18.2 Å². The van der Waals surface area contributed by atoms with Crippen molar-refractivity contribution < 1.29 is 19.4 Å². The number of β-amino-alcohol motifs (C(OH)–C–C–N with tert-alkyl or cyclic N) is 1. The fourth-order valence-electron chi connectivity index (χ4n) is 2.73. The number of carbonyl (C=O) groups excluding carboxylic acids is 1. The molecule has 0 radical (unpaired) electrons. The Morgan fingerprint density at radius 3 is 2.58 bits per heavy atom. The molecule has 1 heterocycles. The fraction of sp³-hybridized carbons (Fsp3) is 0.611. The highest BCUT2D eigenvalue weighted by Crippen LogP contribution is 2.27. The molecule has 0 aliphatic carbocycles.